The number of methoxy groups -OCH3 is 1. The van der Waals surface area contributed by atoms with Crippen LogP contribution in [0.3, 0.4) is 0 Å². The van der Waals surface area contributed by atoms with E-state index in [4.69, 9.17) is 5.73 Å². The predicted molar refractivity (Wildman–Crippen MR) is 60.5 cm³/mol. The average Bonchev–Trinajstić information content (AvgIpc) is 2.26. The van der Waals surface area contributed by atoms with Crippen LogP contribution >= 0.6 is 0 Å². The van der Waals surface area contributed by atoms with Gasteiger partial charge in [0.25, 0.3) is 0 Å². The van der Waals surface area contributed by atoms with Gasteiger partial charge in [-0.05, 0) is 31.5 Å². The number of Topliss-reactive ketones (excluding diaryl/α,β-unsaturated/α-hetero) is 1. The first kappa shape index (κ1) is 12.4. The number of nitrogens with two attached hydrogens (primary N) is 1. The van der Waals surface area contributed by atoms with E-state index >= 15 is 0 Å². The predicted octanol–water partition coefficient (Wildman–Crippen LogP) is 1.31. The van der Waals surface area contributed by atoms with Crippen molar-refractivity contribution in [1.29, 1.82) is 0 Å². The first-order valence-electron chi connectivity index (χ1n) is 4.96. The van der Waals surface area contributed by atoms with Crippen LogP contribution in [-0.2, 0) is 4.74 Å². The van der Waals surface area contributed by atoms with Gasteiger partial charge in [0.2, 0.25) is 0 Å². The molecule has 2 N–H and O–H groups in total. The fourth-order valence-corrected chi connectivity index (χ4v) is 1.42. The third-order valence-electron chi connectivity index (χ3n) is 2.33. The maximum Gasteiger partial charge on any atom is 0.338 e. The molecule has 1 aromatic carbocycles. The number of rotatable bonds is 3. The molecule has 0 spiro atoms. The smallest absolute Gasteiger partial charge is 0.338 e. The molecule has 0 saturated carbocycles. The van der Waals surface area contributed by atoms with Gasteiger partial charge in [0.1, 0.15) is 0 Å². The lowest BCUT2D eigenvalue weighted by atomic mass is 10.00. The zero-order valence-electron chi connectivity index (χ0n) is 9.61. The van der Waals surface area contributed by atoms with Crippen molar-refractivity contribution < 1.29 is 14.3 Å². The number of carbonyl (C=O) groups is 2. The summed E-state index contributed by atoms with van der Waals surface area (Å²) in [6.45, 7) is 3.39. The summed E-state index contributed by atoms with van der Waals surface area (Å²) < 4.78 is 4.62. The van der Waals surface area contributed by atoms with Gasteiger partial charge in [-0.1, -0.05) is 6.07 Å². The van der Waals surface area contributed by atoms with E-state index in [1.54, 1.807) is 32.0 Å². The van der Waals surface area contributed by atoms with E-state index in [0.29, 0.717) is 16.7 Å². The molecule has 1 unspecified atom stereocenters. The third-order valence-corrected chi connectivity index (χ3v) is 2.33. The summed E-state index contributed by atoms with van der Waals surface area (Å²) in [4.78, 5) is 22.9. The van der Waals surface area contributed by atoms with E-state index in [-0.39, 0.29) is 5.78 Å². The minimum Gasteiger partial charge on any atom is -0.465 e. The van der Waals surface area contributed by atoms with Crippen molar-refractivity contribution in [3.05, 3.63) is 34.9 Å². The monoisotopic (exact) mass is 221 g/mol. The fourth-order valence-electron chi connectivity index (χ4n) is 1.42. The Labute approximate surface area is 94.4 Å². The molecular weight excluding hydrogens is 206 g/mol. The molecule has 4 nitrogen and oxygen atoms in total. The van der Waals surface area contributed by atoms with Crippen LogP contribution < -0.4 is 5.73 Å². The Hall–Kier alpha value is -1.68. The Morgan fingerprint density at radius 2 is 2.00 bits per heavy atom. The van der Waals surface area contributed by atoms with Gasteiger partial charge in [-0.3, -0.25) is 4.79 Å². The van der Waals surface area contributed by atoms with Gasteiger partial charge in [0, 0.05) is 5.56 Å². The summed E-state index contributed by atoms with van der Waals surface area (Å²) in [5.74, 6) is -0.545. The molecule has 0 amide bonds. The van der Waals surface area contributed by atoms with Crippen LogP contribution in [-0.4, -0.2) is 24.9 Å². The van der Waals surface area contributed by atoms with Crippen molar-refractivity contribution in [2.75, 3.05) is 7.11 Å². The standard InChI is InChI=1S/C12H15NO3/c1-7-6-9(11(14)8(2)13)4-5-10(7)12(15)16-3/h4-6,8H,13H2,1-3H3. The maximum atomic E-state index is 11.6. The molecule has 0 aromatic heterocycles. The number of carbonyl (C=O) groups excluding carboxylic acids is 2. The lowest BCUT2D eigenvalue weighted by molar-refractivity contribution is 0.0599. The molecule has 86 valence electrons. The van der Waals surface area contributed by atoms with Crippen LogP contribution in [0.4, 0.5) is 0 Å². The lowest BCUT2D eigenvalue weighted by Gasteiger charge is -2.08. The molecule has 0 heterocycles. The third kappa shape index (κ3) is 2.46. The Morgan fingerprint density at radius 3 is 2.44 bits per heavy atom. The Morgan fingerprint density at radius 1 is 1.38 bits per heavy atom. The van der Waals surface area contributed by atoms with Crippen molar-refractivity contribution in [2.45, 2.75) is 19.9 Å². The van der Waals surface area contributed by atoms with Gasteiger partial charge in [0.15, 0.2) is 5.78 Å². The summed E-state index contributed by atoms with van der Waals surface area (Å²) >= 11 is 0. The minimum absolute atomic E-state index is 0.139. The topological polar surface area (TPSA) is 69.4 Å². The van der Waals surface area contributed by atoms with E-state index in [0.717, 1.165) is 0 Å². The molecule has 16 heavy (non-hydrogen) atoms. The summed E-state index contributed by atoms with van der Waals surface area (Å²) in [6.07, 6.45) is 0. The van der Waals surface area contributed by atoms with E-state index in [1.807, 2.05) is 0 Å². The van der Waals surface area contributed by atoms with Crippen molar-refractivity contribution in [3.8, 4) is 0 Å². The SMILES string of the molecule is COC(=O)c1ccc(C(=O)C(C)N)cc1C. The molecule has 0 radical (unpaired) electrons. The Bertz CT molecular complexity index is 424. The highest BCUT2D eigenvalue weighted by atomic mass is 16.5. The second-order valence-electron chi connectivity index (χ2n) is 3.67. The van der Waals surface area contributed by atoms with Crippen LogP contribution in [0.15, 0.2) is 18.2 Å². The van der Waals surface area contributed by atoms with Gasteiger partial charge in [-0.15, -0.1) is 0 Å². The minimum atomic E-state index is -0.539. The number of hydrogen-bond acceptors (Lipinski definition) is 4. The van der Waals surface area contributed by atoms with Crippen LogP contribution in [0.1, 0.15) is 33.2 Å². The molecule has 0 aliphatic carbocycles. The number of aryl methyl sites for hydroxylation is 1. The molecule has 1 aromatic rings. The van der Waals surface area contributed by atoms with Crippen LogP contribution in [0, 0.1) is 6.92 Å². The molecule has 0 aliphatic rings. The number of ketones is 1. The number of benzene rings is 1. The van der Waals surface area contributed by atoms with Gasteiger partial charge < -0.3 is 10.5 Å². The second kappa shape index (κ2) is 4.90. The van der Waals surface area contributed by atoms with Gasteiger partial charge in [-0.25, -0.2) is 4.79 Å². The van der Waals surface area contributed by atoms with Gasteiger partial charge in [-0.2, -0.15) is 0 Å². The normalized spacial score (nSPS) is 12.0. The summed E-state index contributed by atoms with van der Waals surface area (Å²) in [6, 6.07) is 4.28. The van der Waals surface area contributed by atoms with Crippen LogP contribution in [0.25, 0.3) is 0 Å². The molecular formula is C12H15NO3. The van der Waals surface area contributed by atoms with E-state index in [9.17, 15) is 9.59 Å². The zero-order valence-corrected chi connectivity index (χ0v) is 9.61. The van der Waals surface area contributed by atoms with Crippen LogP contribution in [0.2, 0.25) is 0 Å². The molecule has 0 saturated heterocycles. The second-order valence-corrected chi connectivity index (χ2v) is 3.67. The first-order chi connectivity index (χ1) is 7.47. The Balaban J connectivity index is 3.09. The van der Waals surface area contributed by atoms with Crippen LogP contribution in [0.5, 0.6) is 0 Å². The summed E-state index contributed by atoms with van der Waals surface area (Å²) in [5, 5.41) is 0. The quantitative estimate of drug-likeness (QED) is 0.617. The molecule has 0 aliphatic heterocycles. The van der Waals surface area contributed by atoms with E-state index in [2.05, 4.69) is 4.74 Å². The molecule has 1 rings (SSSR count). The molecule has 4 heteroatoms. The number of ether oxygens (including phenoxy) is 1. The lowest BCUT2D eigenvalue weighted by Crippen LogP contribution is -2.26. The highest BCUT2D eigenvalue weighted by Gasteiger charge is 2.14. The van der Waals surface area contributed by atoms with Gasteiger partial charge >= 0.3 is 5.97 Å². The highest BCUT2D eigenvalue weighted by Crippen LogP contribution is 2.13. The summed E-state index contributed by atoms with van der Waals surface area (Å²) in [7, 11) is 1.32. The average molecular weight is 221 g/mol. The van der Waals surface area contributed by atoms with E-state index < -0.39 is 12.0 Å². The van der Waals surface area contributed by atoms with Crippen molar-refractivity contribution in [2.24, 2.45) is 5.73 Å². The molecule has 0 fully saturated rings. The Kier molecular flexibility index (Phi) is 3.79. The highest BCUT2D eigenvalue weighted by molar-refractivity contribution is 6.01. The molecule has 0 bridgehead atoms. The number of esters is 1. The van der Waals surface area contributed by atoms with E-state index in [1.165, 1.54) is 7.11 Å². The maximum absolute atomic E-state index is 11.6. The van der Waals surface area contributed by atoms with Crippen molar-refractivity contribution in [1.82, 2.24) is 0 Å². The van der Waals surface area contributed by atoms with Gasteiger partial charge in [0.05, 0.1) is 18.7 Å². The fraction of sp³-hybridized carbons (Fsp3) is 0.333. The van der Waals surface area contributed by atoms with Crippen molar-refractivity contribution in [3.63, 3.8) is 0 Å². The van der Waals surface area contributed by atoms with Crippen molar-refractivity contribution >= 4 is 11.8 Å². The molecule has 1 atom stereocenters. The summed E-state index contributed by atoms with van der Waals surface area (Å²) in [5.41, 5.74) is 7.18. The zero-order chi connectivity index (χ0) is 12.3. The largest absolute Gasteiger partial charge is 0.465 e. The number of hydrogen-bond donors (Lipinski definition) is 1. The first-order valence-corrected chi connectivity index (χ1v) is 4.96.